The number of hydrogen-bond donors (Lipinski definition) is 0. The molecule has 4 rings (SSSR count). The molecule has 1 unspecified atom stereocenters. The summed E-state index contributed by atoms with van der Waals surface area (Å²) in [6.07, 6.45) is 1.41. The van der Waals surface area contributed by atoms with Crippen molar-refractivity contribution in [2.75, 3.05) is 13.1 Å². The number of rotatable bonds is 4. The zero-order chi connectivity index (χ0) is 19.5. The van der Waals surface area contributed by atoms with E-state index in [0.717, 1.165) is 23.5 Å². The lowest BCUT2D eigenvalue weighted by Gasteiger charge is -2.31. The molecule has 28 heavy (non-hydrogen) atoms. The molecular formula is C21H18FN3O2S. The summed E-state index contributed by atoms with van der Waals surface area (Å²) in [6.45, 7) is 0.901. The summed E-state index contributed by atoms with van der Waals surface area (Å²) >= 11 is 1.12. The molecule has 1 atom stereocenters. The van der Waals surface area contributed by atoms with Gasteiger partial charge in [0.15, 0.2) is 11.5 Å². The molecule has 2 heterocycles. The Balaban J connectivity index is 1.51. The van der Waals surface area contributed by atoms with Gasteiger partial charge in [0.05, 0.1) is 0 Å². The van der Waals surface area contributed by atoms with Crippen LogP contribution in [0.15, 0.2) is 53.9 Å². The second-order valence-corrected chi connectivity index (χ2v) is 7.42. The van der Waals surface area contributed by atoms with Gasteiger partial charge in [0.1, 0.15) is 5.82 Å². The fraction of sp³-hybridized carbons (Fsp3) is 0.238. The second-order valence-electron chi connectivity index (χ2n) is 6.81. The maximum absolute atomic E-state index is 14.6. The van der Waals surface area contributed by atoms with Crippen molar-refractivity contribution in [2.24, 2.45) is 5.92 Å². The SMILES string of the molecule is O=C(c1ccc(-c2ccccc2)c(F)c1)C1CCCN(C(=O)c2csnn2)C1. The molecule has 5 nitrogen and oxygen atoms in total. The minimum Gasteiger partial charge on any atom is -0.336 e. The normalized spacial score (nSPS) is 16.8. The van der Waals surface area contributed by atoms with Crippen molar-refractivity contribution in [1.82, 2.24) is 14.5 Å². The lowest BCUT2D eigenvalue weighted by atomic mass is 9.89. The van der Waals surface area contributed by atoms with Gasteiger partial charge >= 0.3 is 0 Å². The van der Waals surface area contributed by atoms with E-state index < -0.39 is 5.82 Å². The number of amides is 1. The topological polar surface area (TPSA) is 63.2 Å². The number of carbonyl (C=O) groups excluding carboxylic acids is 2. The van der Waals surface area contributed by atoms with Crippen LogP contribution >= 0.6 is 11.5 Å². The zero-order valence-electron chi connectivity index (χ0n) is 15.0. The van der Waals surface area contributed by atoms with Crippen LogP contribution < -0.4 is 0 Å². The molecule has 1 saturated heterocycles. The summed E-state index contributed by atoms with van der Waals surface area (Å²) in [5, 5.41) is 5.41. The van der Waals surface area contributed by atoms with Gasteiger partial charge in [-0.05, 0) is 36.0 Å². The lowest BCUT2D eigenvalue weighted by molar-refractivity contribution is 0.0632. The summed E-state index contributed by atoms with van der Waals surface area (Å²) in [5.41, 5.74) is 1.88. The maximum atomic E-state index is 14.6. The van der Waals surface area contributed by atoms with E-state index in [-0.39, 0.29) is 17.6 Å². The van der Waals surface area contributed by atoms with Crippen LogP contribution in [0.3, 0.4) is 0 Å². The standard InChI is InChI=1S/C21H18FN3O2S/c22-18-11-15(8-9-17(18)14-5-2-1-3-6-14)20(26)16-7-4-10-25(12-16)21(27)19-13-28-24-23-19/h1-3,5-6,8-9,11,13,16H,4,7,10,12H2. The molecule has 142 valence electrons. The third-order valence-electron chi connectivity index (χ3n) is 5.00. The van der Waals surface area contributed by atoms with Crippen molar-refractivity contribution in [3.63, 3.8) is 0 Å². The number of piperidine rings is 1. The van der Waals surface area contributed by atoms with Gasteiger partial charge < -0.3 is 4.90 Å². The van der Waals surface area contributed by atoms with Crippen LogP contribution in [0.4, 0.5) is 4.39 Å². The molecule has 1 aromatic heterocycles. The van der Waals surface area contributed by atoms with Crippen LogP contribution in [-0.2, 0) is 0 Å². The third-order valence-corrected chi connectivity index (χ3v) is 5.50. The molecule has 7 heteroatoms. The molecule has 3 aromatic rings. The molecule has 1 aliphatic rings. The molecule has 1 amide bonds. The Kier molecular flexibility index (Phi) is 5.25. The van der Waals surface area contributed by atoms with Crippen molar-refractivity contribution in [3.8, 4) is 11.1 Å². The van der Waals surface area contributed by atoms with Crippen molar-refractivity contribution in [2.45, 2.75) is 12.8 Å². The summed E-state index contributed by atoms with van der Waals surface area (Å²) < 4.78 is 18.3. The van der Waals surface area contributed by atoms with Crippen molar-refractivity contribution < 1.29 is 14.0 Å². The Bertz CT molecular complexity index is 992. The summed E-state index contributed by atoms with van der Waals surface area (Å²) in [5.74, 6) is -1.11. The molecule has 0 spiro atoms. The van der Waals surface area contributed by atoms with Gasteiger partial charge in [-0.3, -0.25) is 9.59 Å². The molecule has 1 fully saturated rings. The van der Waals surface area contributed by atoms with Gasteiger partial charge in [-0.2, -0.15) is 0 Å². The van der Waals surface area contributed by atoms with E-state index in [9.17, 15) is 14.0 Å². The van der Waals surface area contributed by atoms with E-state index in [2.05, 4.69) is 9.59 Å². The molecule has 0 aliphatic carbocycles. The van der Waals surface area contributed by atoms with E-state index in [1.807, 2.05) is 30.3 Å². The Morgan fingerprint density at radius 2 is 1.96 bits per heavy atom. The van der Waals surface area contributed by atoms with Gasteiger partial charge in [-0.25, -0.2) is 4.39 Å². The Morgan fingerprint density at radius 1 is 1.14 bits per heavy atom. The number of aromatic nitrogens is 2. The largest absolute Gasteiger partial charge is 0.336 e. The minimum atomic E-state index is -0.422. The molecule has 0 saturated carbocycles. The molecule has 0 radical (unpaired) electrons. The lowest BCUT2D eigenvalue weighted by Crippen LogP contribution is -2.42. The summed E-state index contributed by atoms with van der Waals surface area (Å²) in [7, 11) is 0. The average molecular weight is 395 g/mol. The van der Waals surface area contributed by atoms with Crippen LogP contribution in [-0.4, -0.2) is 39.3 Å². The number of likely N-dealkylation sites (tertiary alicyclic amines) is 1. The van der Waals surface area contributed by atoms with Crippen LogP contribution in [0.2, 0.25) is 0 Å². The van der Waals surface area contributed by atoms with Crippen LogP contribution in [0.1, 0.15) is 33.7 Å². The van der Waals surface area contributed by atoms with E-state index in [4.69, 9.17) is 0 Å². The summed E-state index contributed by atoms with van der Waals surface area (Å²) in [6, 6.07) is 13.8. The first kappa shape index (κ1) is 18.4. The second kappa shape index (κ2) is 7.98. The van der Waals surface area contributed by atoms with Crippen LogP contribution in [0.25, 0.3) is 11.1 Å². The monoisotopic (exact) mass is 395 g/mol. The number of ketones is 1. The predicted octanol–water partition coefficient (Wildman–Crippen LogP) is 4.08. The van der Waals surface area contributed by atoms with Crippen LogP contribution in [0.5, 0.6) is 0 Å². The third kappa shape index (κ3) is 3.71. The minimum absolute atomic E-state index is 0.132. The highest BCUT2D eigenvalue weighted by Gasteiger charge is 2.30. The van der Waals surface area contributed by atoms with Crippen molar-refractivity contribution >= 4 is 23.2 Å². The molecule has 2 aromatic carbocycles. The molecule has 1 aliphatic heterocycles. The summed E-state index contributed by atoms with van der Waals surface area (Å²) in [4.78, 5) is 27.0. The highest BCUT2D eigenvalue weighted by molar-refractivity contribution is 7.03. The first-order valence-electron chi connectivity index (χ1n) is 9.09. The average Bonchev–Trinajstić information content (AvgIpc) is 3.28. The molecular weight excluding hydrogens is 377 g/mol. The first-order valence-corrected chi connectivity index (χ1v) is 9.92. The van der Waals surface area contributed by atoms with Crippen LogP contribution in [0, 0.1) is 11.7 Å². The van der Waals surface area contributed by atoms with Gasteiger partial charge in [0, 0.05) is 35.5 Å². The van der Waals surface area contributed by atoms with E-state index in [1.165, 1.54) is 6.07 Å². The Labute approximate surface area is 166 Å². The highest BCUT2D eigenvalue weighted by atomic mass is 32.1. The number of benzene rings is 2. The van der Waals surface area contributed by atoms with Gasteiger partial charge in [-0.1, -0.05) is 47.0 Å². The van der Waals surface area contributed by atoms with E-state index >= 15 is 0 Å². The fourth-order valence-corrected chi connectivity index (χ4v) is 3.98. The molecule has 0 N–H and O–H groups in total. The highest BCUT2D eigenvalue weighted by Crippen LogP contribution is 2.27. The van der Waals surface area contributed by atoms with Crippen molar-refractivity contribution in [3.05, 3.63) is 71.0 Å². The Morgan fingerprint density at radius 3 is 2.68 bits per heavy atom. The first-order chi connectivity index (χ1) is 13.6. The smallest absolute Gasteiger partial charge is 0.275 e. The van der Waals surface area contributed by atoms with Crippen molar-refractivity contribution in [1.29, 1.82) is 0 Å². The van der Waals surface area contributed by atoms with E-state index in [0.29, 0.717) is 36.3 Å². The van der Waals surface area contributed by atoms with E-state index in [1.54, 1.807) is 22.4 Å². The number of hydrogen-bond acceptors (Lipinski definition) is 5. The van der Waals surface area contributed by atoms with Gasteiger partial charge in [0.25, 0.3) is 5.91 Å². The Hall–Kier alpha value is -2.93. The van der Waals surface area contributed by atoms with Gasteiger partial charge in [-0.15, -0.1) is 5.10 Å². The fourth-order valence-electron chi connectivity index (χ4n) is 3.55. The zero-order valence-corrected chi connectivity index (χ0v) is 15.9. The van der Waals surface area contributed by atoms with Gasteiger partial charge in [0.2, 0.25) is 0 Å². The number of halogens is 1. The quantitative estimate of drug-likeness (QED) is 0.625. The maximum Gasteiger partial charge on any atom is 0.275 e. The number of nitrogens with zero attached hydrogens (tertiary/aromatic N) is 3. The predicted molar refractivity (Wildman–Crippen MR) is 105 cm³/mol. The molecule has 0 bridgehead atoms. The number of Topliss-reactive ketones (excluding diaryl/α,β-unsaturated/α-hetero) is 1. The number of carbonyl (C=O) groups is 2.